The molecule has 4 rings (SSSR count). The van der Waals surface area contributed by atoms with Gasteiger partial charge in [0.2, 0.25) is 0 Å². The van der Waals surface area contributed by atoms with Crippen molar-refractivity contribution in [3.63, 3.8) is 0 Å². The molecule has 3 N–H and O–H groups in total. The first-order valence-corrected chi connectivity index (χ1v) is 12.5. The summed E-state index contributed by atoms with van der Waals surface area (Å²) < 4.78 is 0. The Morgan fingerprint density at radius 2 is 2.14 bits per heavy atom. The van der Waals surface area contributed by atoms with E-state index in [0.29, 0.717) is 24.1 Å². The van der Waals surface area contributed by atoms with Crippen LogP contribution in [0.15, 0.2) is 69.8 Å². The van der Waals surface area contributed by atoms with Gasteiger partial charge in [-0.25, -0.2) is 0 Å². The highest BCUT2D eigenvalue weighted by Crippen LogP contribution is 2.33. The minimum absolute atomic E-state index is 0.0483. The van der Waals surface area contributed by atoms with Crippen LogP contribution in [-0.4, -0.2) is 59.8 Å². The van der Waals surface area contributed by atoms with Crippen LogP contribution in [0.5, 0.6) is 5.88 Å². The molecular formula is C29H31ClN4O2. The molecule has 186 valence electrons. The number of amides is 1. The van der Waals surface area contributed by atoms with Gasteiger partial charge >= 0.3 is 0 Å². The highest BCUT2D eigenvalue weighted by atomic mass is 35.5. The molecule has 0 fully saturated rings. The summed E-state index contributed by atoms with van der Waals surface area (Å²) in [6.45, 7) is 3.16. The van der Waals surface area contributed by atoms with E-state index in [0.717, 1.165) is 52.2 Å². The first-order valence-electron chi connectivity index (χ1n) is 12.2. The van der Waals surface area contributed by atoms with E-state index in [1.807, 2.05) is 39.2 Å². The predicted octanol–water partition coefficient (Wildman–Crippen LogP) is 4.81. The summed E-state index contributed by atoms with van der Waals surface area (Å²) >= 11 is 6.64. The van der Waals surface area contributed by atoms with Crippen molar-refractivity contribution < 1.29 is 9.90 Å². The van der Waals surface area contributed by atoms with Crippen molar-refractivity contribution in [1.29, 1.82) is 0 Å². The van der Waals surface area contributed by atoms with Crippen LogP contribution in [0.25, 0.3) is 10.9 Å². The van der Waals surface area contributed by atoms with Gasteiger partial charge in [0.25, 0.3) is 5.91 Å². The van der Waals surface area contributed by atoms with Crippen LogP contribution in [0.3, 0.4) is 0 Å². The second kappa shape index (κ2) is 11.5. The number of rotatable bonds is 6. The third-order valence-electron chi connectivity index (χ3n) is 5.98. The summed E-state index contributed by atoms with van der Waals surface area (Å²) in [6, 6.07) is 5.45. The maximum absolute atomic E-state index is 11.7. The average Bonchev–Trinajstić information content (AvgIpc) is 3.18. The largest absolute Gasteiger partial charge is 0.494 e. The fraction of sp³-hybridized carbons (Fsp3) is 0.310. The predicted molar refractivity (Wildman–Crippen MR) is 147 cm³/mol. The van der Waals surface area contributed by atoms with Crippen LogP contribution in [0, 0.1) is 11.8 Å². The molecule has 1 heterocycles. The number of halogens is 1. The number of hydrogen-bond acceptors (Lipinski definition) is 4. The van der Waals surface area contributed by atoms with E-state index < -0.39 is 0 Å². The number of nitrogens with zero attached hydrogens (tertiary/aromatic N) is 2. The lowest BCUT2D eigenvalue weighted by Crippen LogP contribution is -2.20. The number of aromatic nitrogens is 1. The number of allylic oxidation sites excluding steroid dienone is 4. The number of aliphatic imine (C=N–C) groups is 1. The van der Waals surface area contributed by atoms with Crippen molar-refractivity contribution in [3.8, 4) is 17.7 Å². The van der Waals surface area contributed by atoms with Crippen LogP contribution in [0.1, 0.15) is 37.3 Å². The highest BCUT2D eigenvalue weighted by Gasteiger charge is 2.22. The van der Waals surface area contributed by atoms with Crippen LogP contribution >= 0.6 is 11.6 Å². The standard InChI is InChI=1S/C29H31ClN4O2/c1-4-31-26(35)15-11-19-10-14-23-25(16-19)33-29(36)27(23)28(20-8-6-5-7-9-20)32-22-13-12-21(18-34(2)3)24(30)17-22/h6,8-10,12-14,16,22,33,36H,4-5,7,17-18H2,1-3H3,(H,31,35). The van der Waals surface area contributed by atoms with Gasteiger partial charge in [-0.05, 0) is 57.1 Å². The van der Waals surface area contributed by atoms with Gasteiger partial charge in [0.15, 0.2) is 5.88 Å². The Bertz CT molecular complexity index is 1380. The van der Waals surface area contributed by atoms with E-state index in [-0.39, 0.29) is 17.8 Å². The Morgan fingerprint density at radius 3 is 2.83 bits per heavy atom. The molecule has 0 aliphatic heterocycles. The minimum Gasteiger partial charge on any atom is -0.494 e. The molecule has 1 unspecified atom stereocenters. The van der Waals surface area contributed by atoms with E-state index in [2.05, 4.69) is 57.4 Å². The molecule has 0 saturated carbocycles. The summed E-state index contributed by atoms with van der Waals surface area (Å²) in [4.78, 5) is 22.0. The second-order valence-electron chi connectivity index (χ2n) is 9.13. The summed E-state index contributed by atoms with van der Waals surface area (Å²) in [5, 5.41) is 15.3. The molecule has 0 radical (unpaired) electrons. The van der Waals surface area contributed by atoms with Crippen LogP contribution in [0.2, 0.25) is 0 Å². The first kappa shape index (κ1) is 25.6. The second-order valence-corrected chi connectivity index (χ2v) is 9.59. The zero-order valence-corrected chi connectivity index (χ0v) is 21.6. The van der Waals surface area contributed by atoms with Crippen molar-refractivity contribution in [1.82, 2.24) is 15.2 Å². The Hall–Kier alpha value is -3.53. The summed E-state index contributed by atoms with van der Waals surface area (Å²) in [5.41, 5.74) is 4.86. The SMILES string of the molecule is CCNC(=O)C#Cc1ccc2c(C(=NC3C=CC(CN(C)C)=C(Cl)C3)C3=CCCC=C3)c(O)[nH]c2c1. The average molecular weight is 503 g/mol. The molecule has 1 aromatic heterocycles. The number of likely N-dealkylation sites (N-methyl/N-ethyl adjacent to an activating group) is 1. The van der Waals surface area contributed by atoms with Gasteiger partial charge in [-0.1, -0.05) is 54.0 Å². The molecule has 6 nitrogen and oxygen atoms in total. The number of carbonyl (C=O) groups is 1. The lowest BCUT2D eigenvalue weighted by atomic mass is 9.95. The Balaban J connectivity index is 1.73. The summed E-state index contributed by atoms with van der Waals surface area (Å²) in [7, 11) is 4.04. The van der Waals surface area contributed by atoms with Crippen molar-refractivity contribution >= 4 is 34.1 Å². The monoisotopic (exact) mass is 502 g/mol. The summed E-state index contributed by atoms with van der Waals surface area (Å²) in [5.74, 6) is 5.20. The van der Waals surface area contributed by atoms with E-state index in [9.17, 15) is 9.90 Å². The number of carbonyl (C=O) groups excluding carboxylic acids is 1. The number of aromatic hydroxyl groups is 1. The van der Waals surface area contributed by atoms with Crippen LogP contribution in [0.4, 0.5) is 0 Å². The van der Waals surface area contributed by atoms with E-state index in [4.69, 9.17) is 16.6 Å². The molecule has 7 heteroatoms. The van der Waals surface area contributed by atoms with E-state index in [1.165, 1.54) is 0 Å². The molecule has 2 aliphatic rings. The van der Waals surface area contributed by atoms with Gasteiger partial charge in [0, 0.05) is 41.4 Å². The smallest absolute Gasteiger partial charge is 0.296 e. The molecule has 2 aromatic rings. The van der Waals surface area contributed by atoms with Crippen molar-refractivity contribution in [2.45, 2.75) is 32.2 Å². The number of hydrogen-bond donors (Lipinski definition) is 3. The molecule has 1 amide bonds. The number of nitrogens with one attached hydrogen (secondary N) is 2. The molecule has 2 aliphatic carbocycles. The number of H-pyrrole nitrogens is 1. The number of benzene rings is 1. The third kappa shape index (κ3) is 5.99. The molecule has 1 aromatic carbocycles. The summed E-state index contributed by atoms with van der Waals surface area (Å²) in [6.07, 6.45) is 13.0. The molecular weight excluding hydrogens is 472 g/mol. The highest BCUT2D eigenvalue weighted by molar-refractivity contribution is 6.30. The molecule has 0 saturated heterocycles. The van der Waals surface area contributed by atoms with Gasteiger partial charge < -0.3 is 20.3 Å². The molecule has 0 bridgehead atoms. The first-order chi connectivity index (χ1) is 17.4. The van der Waals surface area contributed by atoms with E-state index >= 15 is 0 Å². The maximum Gasteiger partial charge on any atom is 0.296 e. The van der Waals surface area contributed by atoms with Crippen LogP contribution in [-0.2, 0) is 4.79 Å². The third-order valence-corrected chi connectivity index (χ3v) is 6.38. The Labute approximate surface area is 217 Å². The van der Waals surface area contributed by atoms with Crippen molar-refractivity contribution in [2.24, 2.45) is 4.99 Å². The number of fused-ring (bicyclic) bond motifs is 1. The quantitative estimate of drug-likeness (QED) is 0.391. The van der Waals surface area contributed by atoms with Crippen molar-refractivity contribution in [3.05, 3.63) is 75.9 Å². The molecule has 0 spiro atoms. The fourth-order valence-corrected chi connectivity index (χ4v) is 4.62. The Kier molecular flexibility index (Phi) is 8.14. The lowest BCUT2D eigenvalue weighted by Gasteiger charge is -2.20. The van der Waals surface area contributed by atoms with Gasteiger partial charge in [0.05, 0.1) is 22.8 Å². The molecule has 36 heavy (non-hydrogen) atoms. The van der Waals surface area contributed by atoms with Gasteiger partial charge in [0.1, 0.15) is 0 Å². The van der Waals surface area contributed by atoms with E-state index in [1.54, 1.807) is 0 Å². The molecule has 1 atom stereocenters. The topological polar surface area (TPSA) is 80.7 Å². The minimum atomic E-state index is -0.319. The van der Waals surface area contributed by atoms with Crippen molar-refractivity contribution in [2.75, 3.05) is 27.2 Å². The van der Waals surface area contributed by atoms with Crippen LogP contribution < -0.4 is 5.32 Å². The number of aromatic amines is 1. The fourth-order valence-electron chi connectivity index (χ4n) is 4.34. The zero-order valence-electron chi connectivity index (χ0n) is 20.9. The van der Waals surface area contributed by atoms with Gasteiger partial charge in [-0.15, -0.1) is 0 Å². The van der Waals surface area contributed by atoms with Gasteiger partial charge in [-0.2, -0.15) is 0 Å². The lowest BCUT2D eigenvalue weighted by molar-refractivity contribution is -0.115. The Morgan fingerprint density at radius 1 is 1.31 bits per heavy atom. The normalized spacial score (nSPS) is 17.9. The van der Waals surface area contributed by atoms with Gasteiger partial charge in [-0.3, -0.25) is 9.79 Å². The maximum atomic E-state index is 11.7. The zero-order chi connectivity index (χ0) is 25.7.